The Labute approximate surface area is 111 Å². The minimum Gasteiger partial charge on any atom is -0.397 e. The third-order valence-corrected chi connectivity index (χ3v) is 4.87. The molecule has 0 spiro atoms. The number of nitrogens with one attached hydrogen (secondary N) is 1. The number of hydrogen-bond donors (Lipinski definition) is 2. The Kier molecular flexibility index (Phi) is 3.14. The van der Waals surface area contributed by atoms with E-state index < -0.39 is 0 Å². The van der Waals surface area contributed by atoms with E-state index in [-0.39, 0.29) is 0 Å². The molecule has 0 atom stereocenters. The molecule has 2 aliphatic rings. The largest absolute Gasteiger partial charge is 0.397 e. The lowest BCUT2D eigenvalue weighted by atomic mass is 10.1. The summed E-state index contributed by atoms with van der Waals surface area (Å²) in [6.45, 7) is 4.19. The third kappa shape index (κ3) is 2.06. The number of nitrogens with two attached hydrogens (primary N) is 1. The number of anilines is 2. The van der Waals surface area contributed by atoms with Gasteiger partial charge in [0.15, 0.2) is 0 Å². The summed E-state index contributed by atoms with van der Waals surface area (Å²) in [5.41, 5.74) is 8.16. The zero-order valence-electron chi connectivity index (χ0n) is 10.4. The topological polar surface area (TPSA) is 65.1 Å². The van der Waals surface area contributed by atoms with Crippen molar-refractivity contribution in [1.82, 2.24) is 5.32 Å². The maximum Gasteiger partial charge on any atom is 0.130 e. The summed E-state index contributed by atoms with van der Waals surface area (Å²) in [4.78, 5) is 3.11. The molecule has 1 saturated heterocycles. The average Bonchev–Trinajstić information content (AvgIpc) is 3.18. The maximum absolute atomic E-state index is 9.16. The highest BCUT2D eigenvalue weighted by molar-refractivity contribution is 7.17. The van der Waals surface area contributed by atoms with Gasteiger partial charge in [0, 0.05) is 25.2 Å². The summed E-state index contributed by atoms with van der Waals surface area (Å²) in [5, 5.41) is 13.8. The smallest absolute Gasteiger partial charge is 0.130 e. The first kappa shape index (κ1) is 11.8. The number of nitrogen functional groups attached to an aromatic ring is 1. The molecule has 1 aliphatic heterocycles. The van der Waals surface area contributed by atoms with E-state index in [0.717, 1.165) is 38.3 Å². The maximum atomic E-state index is 9.16. The Morgan fingerprint density at radius 1 is 1.33 bits per heavy atom. The first-order chi connectivity index (χ1) is 8.81. The highest BCUT2D eigenvalue weighted by atomic mass is 32.1. The van der Waals surface area contributed by atoms with Gasteiger partial charge in [0.2, 0.25) is 0 Å². The van der Waals surface area contributed by atoms with Crippen LogP contribution in [-0.2, 0) is 0 Å². The Bertz CT molecular complexity index is 476. The standard InChI is InChI=1S/C13H18N4S/c14-8-10-12(15)11(9-2-3-9)13(18-10)17-6-1-4-16-5-7-17/h9,16H,1-7,15H2. The normalized spacial score (nSPS) is 20.5. The van der Waals surface area contributed by atoms with Crippen LogP contribution < -0.4 is 16.0 Å². The van der Waals surface area contributed by atoms with Gasteiger partial charge in [-0.3, -0.25) is 0 Å². The highest BCUT2D eigenvalue weighted by Crippen LogP contribution is 2.51. The van der Waals surface area contributed by atoms with Crippen LogP contribution in [0.5, 0.6) is 0 Å². The molecule has 3 N–H and O–H groups in total. The van der Waals surface area contributed by atoms with Crippen LogP contribution in [0.1, 0.15) is 35.6 Å². The minimum atomic E-state index is 0.606. The zero-order valence-corrected chi connectivity index (χ0v) is 11.2. The lowest BCUT2D eigenvalue weighted by molar-refractivity contribution is 0.724. The second kappa shape index (κ2) is 4.79. The van der Waals surface area contributed by atoms with Crippen LogP contribution in [0.15, 0.2) is 0 Å². The number of nitriles is 1. The number of rotatable bonds is 2. The van der Waals surface area contributed by atoms with Crippen molar-refractivity contribution in [2.75, 3.05) is 36.8 Å². The van der Waals surface area contributed by atoms with E-state index in [1.165, 1.54) is 23.4 Å². The number of nitrogens with zero attached hydrogens (tertiary/aromatic N) is 2. The summed E-state index contributed by atoms with van der Waals surface area (Å²) >= 11 is 1.58. The van der Waals surface area contributed by atoms with Gasteiger partial charge in [0.25, 0.3) is 0 Å². The van der Waals surface area contributed by atoms with Crippen molar-refractivity contribution in [3.63, 3.8) is 0 Å². The second-order valence-electron chi connectivity index (χ2n) is 5.04. The van der Waals surface area contributed by atoms with E-state index in [9.17, 15) is 0 Å². The summed E-state index contributed by atoms with van der Waals surface area (Å²) in [7, 11) is 0. The van der Waals surface area contributed by atoms with Crippen LogP contribution in [0.25, 0.3) is 0 Å². The molecular formula is C13H18N4S. The van der Waals surface area contributed by atoms with Crippen molar-refractivity contribution in [1.29, 1.82) is 5.26 Å². The minimum absolute atomic E-state index is 0.606. The summed E-state index contributed by atoms with van der Waals surface area (Å²) in [5.74, 6) is 0.606. The van der Waals surface area contributed by atoms with Gasteiger partial charge in [-0.05, 0) is 31.7 Å². The Balaban J connectivity index is 1.96. The average molecular weight is 262 g/mol. The lowest BCUT2D eigenvalue weighted by Gasteiger charge is -2.22. The molecule has 0 amide bonds. The van der Waals surface area contributed by atoms with Gasteiger partial charge in [-0.15, -0.1) is 11.3 Å². The molecule has 1 aliphatic carbocycles. The zero-order chi connectivity index (χ0) is 12.5. The van der Waals surface area contributed by atoms with Crippen molar-refractivity contribution >= 4 is 22.0 Å². The molecule has 0 unspecified atom stereocenters. The monoisotopic (exact) mass is 262 g/mol. The summed E-state index contributed by atoms with van der Waals surface area (Å²) < 4.78 is 0. The van der Waals surface area contributed by atoms with Crippen LogP contribution in [0.4, 0.5) is 10.7 Å². The van der Waals surface area contributed by atoms with Crippen molar-refractivity contribution in [2.45, 2.75) is 25.2 Å². The molecule has 0 radical (unpaired) electrons. The lowest BCUT2D eigenvalue weighted by Crippen LogP contribution is -2.27. The fraction of sp³-hybridized carbons (Fsp3) is 0.615. The van der Waals surface area contributed by atoms with E-state index in [1.807, 2.05) is 0 Å². The SMILES string of the molecule is N#Cc1sc(N2CCCNCC2)c(C2CC2)c1N. The van der Waals surface area contributed by atoms with Crippen LogP contribution in [0.2, 0.25) is 0 Å². The predicted octanol–water partition coefficient (Wildman–Crippen LogP) is 1.88. The van der Waals surface area contributed by atoms with Gasteiger partial charge in [0.05, 0.1) is 10.7 Å². The molecule has 1 saturated carbocycles. The molecule has 2 heterocycles. The van der Waals surface area contributed by atoms with Gasteiger partial charge in [0.1, 0.15) is 10.9 Å². The first-order valence-corrected chi connectivity index (χ1v) is 7.41. The Morgan fingerprint density at radius 2 is 2.17 bits per heavy atom. The van der Waals surface area contributed by atoms with Gasteiger partial charge in [-0.2, -0.15) is 5.26 Å². The summed E-state index contributed by atoms with van der Waals surface area (Å²) in [6, 6.07) is 2.24. The molecule has 0 aromatic carbocycles. The Morgan fingerprint density at radius 3 is 2.89 bits per heavy atom. The fourth-order valence-corrected chi connectivity index (χ4v) is 3.73. The predicted molar refractivity (Wildman–Crippen MR) is 75.1 cm³/mol. The van der Waals surface area contributed by atoms with Crippen molar-refractivity contribution in [3.05, 3.63) is 10.4 Å². The van der Waals surface area contributed by atoms with Crippen molar-refractivity contribution in [3.8, 4) is 6.07 Å². The first-order valence-electron chi connectivity index (χ1n) is 6.59. The van der Waals surface area contributed by atoms with Gasteiger partial charge < -0.3 is 16.0 Å². The quantitative estimate of drug-likeness (QED) is 0.854. The second-order valence-corrected chi connectivity index (χ2v) is 6.04. The van der Waals surface area contributed by atoms with E-state index in [0.29, 0.717) is 10.8 Å². The number of hydrogen-bond acceptors (Lipinski definition) is 5. The molecule has 5 heteroatoms. The Hall–Kier alpha value is -1.25. The van der Waals surface area contributed by atoms with Crippen LogP contribution in [0.3, 0.4) is 0 Å². The van der Waals surface area contributed by atoms with E-state index in [2.05, 4.69) is 16.3 Å². The third-order valence-electron chi connectivity index (χ3n) is 3.68. The van der Waals surface area contributed by atoms with E-state index in [4.69, 9.17) is 11.0 Å². The van der Waals surface area contributed by atoms with E-state index >= 15 is 0 Å². The molecule has 1 aromatic heterocycles. The molecule has 3 rings (SSSR count). The molecule has 18 heavy (non-hydrogen) atoms. The van der Waals surface area contributed by atoms with Gasteiger partial charge in [-0.1, -0.05) is 0 Å². The molecule has 96 valence electrons. The van der Waals surface area contributed by atoms with Crippen molar-refractivity contribution in [2.24, 2.45) is 0 Å². The van der Waals surface area contributed by atoms with E-state index in [1.54, 1.807) is 11.3 Å². The molecule has 2 fully saturated rings. The molecular weight excluding hydrogens is 244 g/mol. The van der Waals surface area contributed by atoms with Gasteiger partial charge >= 0.3 is 0 Å². The molecule has 4 nitrogen and oxygen atoms in total. The van der Waals surface area contributed by atoms with Crippen LogP contribution >= 0.6 is 11.3 Å². The summed E-state index contributed by atoms with van der Waals surface area (Å²) in [6.07, 6.45) is 3.61. The fourth-order valence-electron chi connectivity index (χ4n) is 2.58. The molecule has 0 bridgehead atoms. The van der Waals surface area contributed by atoms with Crippen LogP contribution in [0, 0.1) is 11.3 Å². The van der Waals surface area contributed by atoms with Gasteiger partial charge in [-0.25, -0.2) is 0 Å². The molecule has 1 aromatic rings. The number of thiophene rings is 1. The van der Waals surface area contributed by atoms with Crippen molar-refractivity contribution < 1.29 is 0 Å². The highest BCUT2D eigenvalue weighted by Gasteiger charge is 2.33. The van der Waals surface area contributed by atoms with Crippen LogP contribution in [-0.4, -0.2) is 26.2 Å².